The summed E-state index contributed by atoms with van der Waals surface area (Å²) in [5.74, 6) is 0.120. The third-order valence-corrected chi connectivity index (χ3v) is 7.72. The van der Waals surface area contributed by atoms with Crippen molar-refractivity contribution in [2.45, 2.75) is 24.5 Å². The van der Waals surface area contributed by atoms with Crippen LogP contribution in [0.3, 0.4) is 0 Å². The van der Waals surface area contributed by atoms with Crippen LogP contribution in [0.2, 0.25) is 0 Å². The minimum atomic E-state index is -3.43. The first-order valence-electron chi connectivity index (χ1n) is 6.90. The zero-order chi connectivity index (χ0) is 15.6. The van der Waals surface area contributed by atoms with E-state index in [4.69, 9.17) is 0 Å². The molecule has 0 aliphatic carbocycles. The average Bonchev–Trinajstić information content (AvgIpc) is 2.93. The largest absolute Gasteiger partial charge is 0.340 e. The number of piperazine rings is 1. The molecule has 118 valence electrons. The van der Waals surface area contributed by atoms with Crippen LogP contribution >= 0.6 is 27.3 Å². The summed E-state index contributed by atoms with van der Waals surface area (Å²) in [6, 6.07) is 3.35. The fourth-order valence-electron chi connectivity index (χ4n) is 2.20. The number of sulfonamides is 1. The molecule has 0 saturated carbocycles. The molecule has 0 aromatic carbocycles. The van der Waals surface area contributed by atoms with Gasteiger partial charge in [0.05, 0.1) is 3.79 Å². The highest BCUT2D eigenvalue weighted by Gasteiger charge is 2.31. The summed E-state index contributed by atoms with van der Waals surface area (Å²) in [6.45, 7) is 5.55. The molecule has 5 nitrogen and oxygen atoms in total. The zero-order valence-corrected chi connectivity index (χ0v) is 15.3. The van der Waals surface area contributed by atoms with Gasteiger partial charge in [0.2, 0.25) is 5.91 Å². The molecule has 1 saturated heterocycles. The third kappa shape index (κ3) is 3.67. The number of rotatable bonds is 4. The molecule has 0 spiro atoms. The second-order valence-corrected chi connectivity index (χ2v) is 9.72. The van der Waals surface area contributed by atoms with Gasteiger partial charge in [-0.2, -0.15) is 4.31 Å². The Morgan fingerprint density at radius 2 is 1.95 bits per heavy atom. The monoisotopic (exact) mass is 394 g/mol. The van der Waals surface area contributed by atoms with Crippen LogP contribution in [0.4, 0.5) is 0 Å². The van der Waals surface area contributed by atoms with Gasteiger partial charge in [-0.05, 0) is 34.5 Å². The fourth-order valence-corrected chi connectivity index (χ4v) is 5.79. The maximum Gasteiger partial charge on any atom is 0.252 e. The Bertz CT molecular complexity index is 607. The minimum absolute atomic E-state index is 0.00130. The fraction of sp³-hybridized carbons (Fsp3) is 0.615. The van der Waals surface area contributed by atoms with Gasteiger partial charge in [-0.15, -0.1) is 11.3 Å². The van der Waals surface area contributed by atoms with Crippen molar-refractivity contribution in [3.05, 3.63) is 15.9 Å². The van der Waals surface area contributed by atoms with Crippen LogP contribution in [0.5, 0.6) is 0 Å². The average molecular weight is 395 g/mol. The molecular weight excluding hydrogens is 376 g/mol. The third-order valence-electron chi connectivity index (χ3n) is 3.73. The van der Waals surface area contributed by atoms with Crippen molar-refractivity contribution < 1.29 is 13.2 Å². The quantitative estimate of drug-likeness (QED) is 0.787. The van der Waals surface area contributed by atoms with E-state index >= 15 is 0 Å². The van der Waals surface area contributed by atoms with E-state index in [-0.39, 0.29) is 11.8 Å². The molecule has 0 radical (unpaired) electrons. The lowest BCUT2D eigenvalue weighted by Crippen LogP contribution is -2.51. The molecule has 1 aromatic rings. The number of carbonyl (C=O) groups excluding carboxylic acids is 1. The second kappa shape index (κ2) is 6.76. The Balaban J connectivity index is 2.02. The van der Waals surface area contributed by atoms with Crippen LogP contribution in [0.1, 0.15) is 20.3 Å². The first-order valence-corrected chi connectivity index (χ1v) is 9.95. The van der Waals surface area contributed by atoms with Gasteiger partial charge in [-0.1, -0.05) is 13.8 Å². The highest BCUT2D eigenvalue weighted by atomic mass is 79.9. The summed E-state index contributed by atoms with van der Waals surface area (Å²) >= 11 is 4.49. The van der Waals surface area contributed by atoms with Crippen molar-refractivity contribution in [1.29, 1.82) is 0 Å². The van der Waals surface area contributed by atoms with E-state index in [0.717, 1.165) is 10.2 Å². The smallest absolute Gasteiger partial charge is 0.252 e. The van der Waals surface area contributed by atoms with Crippen molar-refractivity contribution in [3.63, 3.8) is 0 Å². The molecule has 0 bridgehead atoms. The number of amides is 1. The molecule has 1 aliphatic rings. The predicted octanol–water partition coefficient (Wildman–Crippen LogP) is 2.39. The Morgan fingerprint density at radius 1 is 1.33 bits per heavy atom. The maximum atomic E-state index is 12.5. The SMILES string of the molecule is CCC(C)C(=O)N1CCN(S(=O)(=O)c2ccc(Br)s2)CC1. The van der Waals surface area contributed by atoms with Crippen LogP contribution in [0.15, 0.2) is 20.1 Å². The molecule has 1 atom stereocenters. The van der Waals surface area contributed by atoms with Gasteiger partial charge in [-0.3, -0.25) is 4.79 Å². The Morgan fingerprint density at radius 3 is 2.43 bits per heavy atom. The van der Waals surface area contributed by atoms with E-state index in [0.29, 0.717) is 30.4 Å². The van der Waals surface area contributed by atoms with Crippen molar-refractivity contribution in [2.75, 3.05) is 26.2 Å². The van der Waals surface area contributed by atoms with Gasteiger partial charge in [-0.25, -0.2) is 8.42 Å². The summed E-state index contributed by atoms with van der Waals surface area (Å²) in [7, 11) is -3.43. The van der Waals surface area contributed by atoms with E-state index in [9.17, 15) is 13.2 Å². The zero-order valence-electron chi connectivity index (χ0n) is 12.1. The topological polar surface area (TPSA) is 57.7 Å². The predicted molar refractivity (Wildman–Crippen MR) is 86.8 cm³/mol. The Kier molecular flexibility index (Phi) is 5.45. The van der Waals surface area contributed by atoms with Gasteiger partial charge in [0.1, 0.15) is 4.21 Å². The molecule has 2 rings (SSSR count). The highest BCUT2D eigenvalue weighted by Crippen LogP contribution is 2.29. The van der Waals surface area contributed by atoms with Crippen molar-refractivity contribution in [3.8, 4) is 0 Å². The van der Waals surface area contributed by atoms with Crippen LogP contribution in [0, 0.1) is 5.92 Å². The van der Waals surface area contributed by atoms with Gasteiger partial charge >= 0.3 is 0 Å². The molecule has 0 N–H and O–H groups in total. The number of nitrogens with zero attached hydrogens (tertiary/aromatic N) is 2. The van der Waals surface area contributed by atoms with Crippen LogP contribution in [0.25, 0.3) is 0 Å². The molecule has 1 aliphatic heterocycles. The molecule has 1 fully saturated rings. The van der Waals surface area contributed by atoms with E-state index < -0.39 is 10.0 Å². The summed E-state index contributed by atoms with van der Waals surface area (Å²) in [5, 5.41) is 0. The number of hydrogen-bond donors (Lipinski definition) is 0. The van der Waals surface area contributed by atoms with Crippen molar-refractivity contribution in [1.82, 2.24) is 9.21 Å². The minimum Gasteiger partial charge on any atom is -0.340 e. The first-order chi connectivity index (χ1) is 9.86. The van der Waals surface area contributed by atoms with E-state index in [2.05, 4.69) is 15.9 Å². The van der Waals surface area contributed by atoms with Gasteiger partial charge < -0.3 is 4.90 Å². The van der Waals surface area contributed by atoms with Crippen molar-refractivity contribution in [2.24, 2.45) is 5.92 Å². The summed E-state index contributed by atoms with van der Waals surface area (Å²) in [5.41, 5.74) is 0. The lowest BCUT2D eigenvalue weighted by atomic mass is 10.1. The molecule has 1 unspecified atom stereocenters. The highest BCUT2D eigenvalue weighted by molar-refractivity contribution is 9.11. The van der Waals surface area contributed by atoms with E-state index in [1.807, 2.05) is 13.8 Å². The summed E-state index contributed by atoms with van der Waals surface area (Å²) in [6.07, 6.45) is 0.806. The molecule has 1 amide bonds. The normalized spacial score (nSPS) is 18.7. The second-order valence-electron chi connectivity index (χ2n) is 5.10. The standard InChI is InChI=1S/C13H19BrN2O3S2/c1-3-10(2)13(17)15-6-8-16(9-7-15)21(18,19)12-5-4-11(14)20-12/h4-5,10H,3,6-9H2,1-2H3. The van der Waals surface area contributed by atoms with Crippen molar-refractivity contribution >= 4 is 43.2 Å². The number of hydrogen-bond acceptors (Lipinski definition) is 4. The molecule has 1 aromatic heterocycles. The van der Waals surface area contributed by atoms with Gasteiger partial charge in [0.15, 0.2) is 0 Å². The molecular formula is C13H19BrN2O3S2. The maximum absolute atomic E-state index is 12.5. The van der Waals surface area contributed by atoms with Gasteiger partial charge in [0.25, 0.3) is 10.0 Å². The summed E-state index contributed by atoms with van der Waals surface area (Å²) < 4.78 is 27.6. The van der Waals surface area contributed by atoms with Gasteiger partial charge in [0, 0.05) is 32.1 Å². The number of carbonyl (C=O) groups is 1. The Hall–Kier alpha value is -0.440. The molecule has 2 heterocycles. The first kappa shape index (κ1) is 16.9. The van der Waals surface area contributed by atoms with Crippen LogP contribution in [-0.2, 0) is 14.8 Å². The number of halogens is 1. The molecule has 8 heteroatoms. The van der Waals surface area contributed by atoms with Crippen LogP contribution in [-0.4, -0.2) is 49.7 Å². The van der Waals surface area contributed by atoms with E-state index in [1.54, 1.807) is 17.0 Å². The lowest BCUT2D eigenvalue weighted by Gasteiger charge is -2.34. The Labute approximate surface area is 138 Å². The van der Waals surface area contributed by atoms with E-state index in [1.165, 1.54) is 15.6 Å². The molecule has 21 heavy (non-hydrogen) atoms. The number of thiophene rings is 1. The summed E-state index contributed by atoms with van der Waals surface area (Å²) in [4.78, 5) is 13.9. The lowest BCUT2D eigenvalue weighted by molar-refractivity contribution is -0.136. The van der Waals surface area contributed by atoms with Crippen LogP contribution < -0.4 is 0 Å².